The number of halogens is 1. The van der Waals surface area contributed by atoms with Gasteiger partial charge < -0.3 is 4.90 Å². The van der Waals surface area contributed by atoms with Gasteiger partial charge >= 0.3 is 0 Å². The van der Waals surface area contributed by atoms with Crippen LogP contribution in [-0.4, -0.2) is 22.4 Å². The summed E-state index contributed by atoms with van der Waals surface area (Å²) in [6, 6.07) is 2.03. The third-order valence-electron chi connectivity index (χ3n) is 2.66. The fraction of sp³-hybridized carbons (Fsp3) is 0.400. The second kappa shape index (κ2) is 3.72. The van der Waals surface area contributed by atoms with E-state index in [4.69, 9.17) is 0 Å². The zero-order valence-corrected chi connectivity index (χ0v) is 10.5. The van der Waals surface area contributed by atoms with Crippen molar-refractivity contribution in [3.63, 3.8) is 0 Å². The van der Waals surface area contributed by atoms with Gasteiger partial charge in [-0.1, -0.05) is 0 Å². The largest absolute Gasteiger partial charge is 0.360 e. The van der Waals surface area contributed by atoms with Crippen LogP contribution in [0.25, 0.3) is 11.0 Å². The van der Waals surface area contributed by atoms with Gasteiger partial charge in [-0.25, -0.2) is 0 Å². The quantitative estimate of drug-likeness (QED) is 0.806. The standard InChI is InChI=1S/C10H10BrN3S/c11-7-5-8-9(12-6-7)10(15-13-8)14-3-1-2-4-14/h5-6H,1-4H2. The zero-order chi connectivity index (χ0) is 10.3. The fourth-order valence-electron chi connectivity index (χ4n) is 1.93. The van der Waals surface area contributed by atoms with E-state index in [0.29, 0.717) is 0 Å². The Morgan fingerprint density at radius 3 is 2.93 bits per heavy atom. The molecule has 15 heavy (non-hydrogen) atoms. The van der Waals surface area contributed by atoms with E-state index in [1.54, 1.807) is 11.5 Å². The molecule has 0 N–H and O–H groups in total. The molecule has 0 atom stereocenters. The van der Waals surface area contributed by atoms with Crippen molar-refractivity contribution < 1.29 is 0 Å². The van der Waals surface area contributed by atoms with E-state index in [9.17, 15) is 0 Å². The summed E-state index contributed by atoms with van der Waals surface area (Å²) >= 11 is 4.98. The molecule has 0 amide bonds. The Balaban J connectivity index is 2.11. The minimum Gasteiger partial charge on any atom is -0.360 e. The minimum absolute atomic E-state index is 0.994. The number of nitrogens with zero attached hydrogens (tertiary/aromatic N) is 3. The topological polar surface area (TPSA) is 29.0 Å². The summed E-state index contributed by atoms with van der Waals surface area (Å²) in [6.45, 7) is 2.30. The first-order valence-corrected chi connectivity index (χ1v) is 6.57. The highest BCUT2D eigenvalue weighted by atomic mass is 79.9. The third-order valence-corrected chi connectivity index (χ3v) is 4.01. The van der Waals surface area contributed by atoms with Crippen LogP contribution < -0.4 is 4.90 Å². The molecular weight excluding hydrogens is 274 g/mol. The first-order valence-electron chi connectivity index (χ1n) is 5.00. The average Bonchev–Trinajstić information content (AvgIpc) is 2.82. The average molecular weight is 284 g/mol. The normalized spacial score (nSPS) is 16.5. The number of anilines is 1. The first-order chi connectivity index (χ1) is 7.34. The van der Waals surface area contributed by atoms with Crippen molar-refractivity contribution in [2.75, 3.05) is 18.0 Å². The van der Waals surface area contributed by atoms with E-state index in [2.05, 4.69) is 30.2 Å². The maximum Gasteiger partial charge on any atom is 0.138 e. The van der Waals surface area contributed by atoms with Gasteiger partial charge in [0.05, 0.1) is 0 Å². The Labute approximate surface area is 100 Å². The molecule has 0 bridgehead atoms. The van der Waals surface area contributed by atoms with E-state index >= 15 is 0 Å². The van der Waals surface area contributed by atoms with Gasteiger partial charge in [-0.2, -0.15) is 4.37 Å². The Morgan fingerprint density at radius 1 is 1.33 bits per heavy atom. The molecule has 0 aliphatic carbocycles. The lowest BCUT2D eigenvalue weighted by Gasteiger charge is -2.13. The van der Waals surface area contributed by atoms with Crippen LogP contribution in [0.4, 0.5) is 5.00 Å². The SMILES string of the molecule is Brc1cnc2c(N3CCCC3)snc2c1. The van der Waals surface area contributed by atoms with Crippen LogP contribution >= 0.6 is 27.5 Å². The summed E-state index contributed by atoms with van der Waals surface area (Å²) in [5, 5.41) is 1.23. The molecule has 0 aromatic carbocycles. The summed E-state index contributed by atoms with van der Waals surface area (Å²) in [7, 11) is 0. The summed E-state index contributed by atoms with van der Waals surface area (Å²) < 4.78 is 5.43. The number of aromatic nitrogens is 2. The molecule has 1 aliphatic heterocycles. The fourth-order valence-corrected chi connectivity index (χ4v) is 3.11. The van der Waals surface area contributed by atoms with Crippen molar-refractivity contribution in [2.45, 2.75) is 12.8 Å². The van der Waals surface area contributed by atoms with Gasteiger partial charge in [0, 0.05) is 23.8 Å². The van der Waals surface area contributed by atoms with E-state index in [-0.39, 0.29) is 0 Å². The molecule has 2 aromatic rings. The molecule has 3 heterocycles. The van der Waals surface area contributed by atoms with Crippen LogP contribution in [0, 0.1) is 0 Å². The lowest BCUT2D eigenvalue weighted by molar-refractivity contribution is 0.949. The van der Waals surface area contributed by atoms with Crippen LogP contribution in [0.3, 0.4) is 0 Å². The van der Waals surface area contributed by atoms with Gasteiger partial charge in [0.1, 0.15) is 16.0 Å². The molecule has 0 spiro atoms. The van der Waals surface area contributed by atoms with Gasteiger partial charge in [-0.15, -0.1) is 0 Å². The first kappa shape index (κ1) is 9.54. The van der Waals surface area contributed by atoms with Crippen LogP contribution in [0.1, 0.15) is 12.8 Å². The molecule has 5 heteroatoms. The lowest BCUT2D eigenvalue weighted by atomic mass is 10.4. The van der Waals surface area contributed by atoms with Gasteiger partial charge in [-0.3, -0.25) is 4.98 Å². The van der Waals surface area contributed by atoms with Crippen molar-refractivity contribution in [1.29, 1.82) is 0 Å². The predicted octanol–water partition coefficient (Wildman–Crippen LogP) is 3.05. The number of fused-ring (bicyclic) bond motifs is 1. The second-order valence-electron chi connectivity index (χ2n) is 3.70. The molecule has 1 saturated heterocycles. The highest BCUT2D eigenvalue weighted by Crippen LogP contribution is 2.32. The van der Waals surface area contributed by atoms with Crippen LogP contribution in [-0.2, 0) is 0 Å². The van der Waals surface area contributed by atoms with Gasteiger partial charge in [0.15, 0.2) is 0 Å². The summed E-state index contributed by atoms with van der Waals surface area (Å²) in [6.07, 6.45) is 4.42. The van der Waals surface area contributed by atoms with Crippen molar-refractivity contribution in [3.05, 3.63) is 16.7 Å². The number of hydrogen-bond donors (Lipinski definition) is 0. The lowest BCUT2D eigenvalue weighted by Crippen LogP contribution is -2.16. The van der Waals surface area contributed by atoms with Crippen molar-refractivity contribution in [3.8, 4) is 0 Å². The van der Waals surface area contributed by atoms with E-state index in [1.165, 1.54) is 17.8 Å². The highest BCUT2D eigenvalue weighted by Gasteiger charge is 2.18. The monoisotopic (exact) mass is 283 g/mol. The maximum absolute atomic E-state index is 4.44. The summed E-state index contributed by atoms with van der Waals surface area (Å²) in [5.41, 5.74) is 2.04. The van der Waals surface area contributed by atoms with E-state index in [0.717, 1.165) is 28.6 Å². The molecule has 2 aromatic heterocycles. The Morgan fingerprint density at radius 2 is 2.13 bits per heavy atom. The molecule has 1 aliphatic rings. The molecule has 3 nitrogen and oxygen atoms in total. The van der Waals surface area contributed by atoms with Gasteiger partial charge in [0.2, 0.25) is 0 Å². The molecule has 0 unspecified atom stereocenters. The Kier molecular flexibility index (Phi) is 2.36. The second-order valence-corrected chi connectivity index (χ2v) is 5.37. The van der Waals surface area contributed by atoms with Crippen molar-refractivity contribution >= 4 is 43.5 Å². The number of rotatable bonds is 1. The van der Waals surface area contributed by atoms with Gasteiger partial charge in [0.25, 0.3) is 0 Å². The Hall–Kier alpha value is -0.680. The molecule has 0 saturated carbocycles. The highest BCUT2D eigenvalue weighted by molar-refractivity contribution is 9.10. The molecule has 0 radical (unpaired) electrons. The predicted molar refractivity (Wildman–Crippen MR) is 66.6 cm³/mol. The zero-order valence-electron chi connectivity index (χ0n) is 8.11. The van der Waals surface area contributed by atoms with Crippen molar-refractivity contribution in [1.82, 2.24) is 9.36 Å². The Bertz CT molecular complexity index is 490. The molecular formula is C10H10BrN3S. The van der Waals surface area contributed by atoms with Crippen LogP contribution in [0.2, 0.25) is 0 Å². The minimum atomic E-state index is 0.994. The summed E-state index contributed by atoms with van der Waals surface area (Å²) in [5.74, 6) is 0. The molecule has 78 valence electrons. The number of hydrogen-bond acceptors (Lipinski definition) is 4. The van der Waals surface area contributed by atoms with Crippen LogP contribution in [0.15, 0.2) is 16.7 Å². The van der Waals surface area contributed by atoms with Crippen molar-refractivity contribution in [2.24, 2.45) is 0 Å². The molecule has 3 rings (SSSR count). The smallest absolute Gasteiger partial charge is 0.138 e. The van der Waals surface area contributed by atoms with E-state index < -0.39 is 0 Å². The van der Waals surface area contributed by atoms with E-state index in [1.807, 2.05) is 12.3 Å². The summed E-state index contributed by atoms with van der Waals surface area (Å²) in [4.78, 5) is 6.83. The van der Waals surface area contributed by atoms with Crippen LogP contribution in [0.5, 0.6) is 0 Å². The maximum atomic E-state index is 4.44. The molecule has 1 fully saturated rings. The number of pyridine rings is 1. The van der Waals surface area contributed by atoms with Gasteiger partial charge in [-0.05, 0) is 46.4 Å². The third kappa shape index (κ3) is 1.63.